The molecule has 17 heavy (non-hydrogen) atoms. The molecule has 2 atom stereocenters. The Kier molecular flexibility index (Phi) is 5.42. The first-order chi connectivity index (χ1) is 8.07. The minimum Gasteiger partial charge on any atom is -0.370 e. The van der Waals surface area contributed by atoms with Crippen LogP contribution in [0.3, 0.4) is 0 Å². The van der Waals surface area contributed by atoms with Gasteiger partial charge in [-0.25, -0.2) is 0 Å². The molecular formula is C11H21N3O2S. The molecule has 0 fully saturated rings. The van der Waals surface area contributed by atoms with Crippen LogP contribution in [-0.4, -0.2) is 29.3 Å². The molecule has 1 heterocycles. The van der Waals surface area contributed by atoms with Gasteiger partial charge in [-0.2, -0.15) is 16.7 Å². The van der Waals surface area contributed by atoms with E-state index in [0.717, 1.165) is 18.6 Å². The van der Waals surface area contributed by atoms with Crippen LogP contribution in [0.15, 0.2) is 4.52 Å². The van der Waals surface area contributed by atoms with Crippen molar-refractivity contribution in [1.82, 2.24) is 10.1 Å². The predicted molar refractivity (Wildman–Crippen MR) is 68.9 cm³/mol. The Balaban J connectivity index is 2.77. The van der Waals surface area contributed by atoms with E-state index in [0.29, 0.717) is 11.7 Å². The number of nitrogens with zero attached hydrogens (tertiary/aromatic N) is 2. The number of aromatic nitrogens is 2. The van der Waals surface area contributed by atoms with Crippen molar-refractivity contribution in [3.05, 3.63) is 11.7 Å². The summed E-state index contributed by atoms with van der Waals surface area (Å²) >= 11 is 1.75. The monoisotopic (exact) mass is 259 g/mol. The third-order valence-corrected chi connectivity index (χ3v) is 3.63. The van der Waals surface area contributed by atoms with Gasteiger partial charge in [0.15, 0.2) is 0 Å². The zero-order chi connectivity index (χ0) is 12.9. The molecule has 0 amide bonds. The summed E-state index contributed by atoms with van der Waals surface area (Å²) in [6, 6.07) is -0.193. The molecule has 1 unspecified atom stereocenters. The highest BCUT2D eigenvalue weighted by Gasteiger charge is 2.30. The van der Waals surface area contributed by atoms with Crippen LogP contribution >= 0.6 is 11.8 Å². The zero-order valence-corrected chi connectivity index (χ0v) is 11.7. The van der Waals surface area contributed by atoms with Crippen LogP contribution in [0.2, 0.25) is 0 Å². The highest BCUT2D eigenvalue weighted by molar-refractivity contribution is 7.98. The molecule has 0 aliphatic rings. The number of nitrogens with two attached hydrogens (primary N) is 1. The van der Waals surface area contributed by atoms with Crippen molar-refractivity contribution in [2.75, 3.05) is 19.1 Å². The summed E-state index contributed by atoms with van der Waals surface area (Å²) in [7, 11) is 1.65. The molecule has 2 N–H and O–H groups in total. The van der Waals surface area contributed by atoms with Crippen LogP contribution in [0.4, 0.5) is 0 Å². The number of hydrogen-bond acceptors (Lipinski definition) is 6. The fraction of sp³-hybridized carbons (Fsp3) is 0.818. The van der Waals surface area contributed by atoms with Crippen molar-refractivity contribution in [3.8, 4) is 0 Å². The third kappa shape index (κ3) is 3.43. The van der Waals surface area contributed by atoms with E-state index in [9.17, 15) is 0 Å². The Morgan fingerprint density at radius 2 is 2.29 bits per heavy atom. The van der Waals surface area contributed by atoms with Gasteiger partial charge in [-0.1, -0.05) is 12.1 Å². The topological polar surface area (TPSA) is 74.2 Å². The molecule has 1 rings (SSSR count). The molecule has 0 aromatic carbocycles. The number of methoxy groups -OCH3 is 1. The molecule has 0 radical (unpaired) electrons. The van der Waals surface area contributed by atoms with Gasteiger partial charge >= 0.3 is 0 Å². The summed E-state index contributed by atoms with van der Waals surface area (Å²) in [6.07, 6.45) is 3.66. The molecule has 0 bridgehead atoms. The Hall–Kier alpha value is -0.590. The van der Waals surface area contributed by atoms with Crippen molar-refractivity contribution in [1.29, 1.82) is 0 Å². The third-order valence-electron chi connectivity index (χ3n) is 2.99. The molecule has 0 saturated heterocycles. The van der Waals surface area contributed by atoms with E-state index >= 15 is 0 Å². The first-order valence-corrected chi connectivity index (χ1v) is 7.10. The van der Waals surface area contributed by atoms with Crippen LogP contribution in [0, 0.1) is 0 Å². The van der Waals surface area contributed by atoms with E-state index in [4.69, 9.17) is 15.0 Å². The minimum absolute atomic E-state index is 0.193. The van der Waals surface area contributed by atoms with E-state index in [2.05, 4.69) is 10.1 Å². The molecule has 98 valence electrons. The summed E-state index contributed by atoms with van der Waals surface area (Å²) < 4.78 is 10.6. The Bertz CT molecular complexity index is 339. The maximum absolute atomic E-state index is 5.97. The first-order valence-electron chi connectivity index (χ1n) is 5.71. The summed E-state index contributed by atoms with van der Waals surface area (Å²) in [5, 5.41) is 3.96. The van der Waals surface area contributed by atoms with Gasteiger partial charge in [-0.15, -0.1) is 0 Å². The standard InChI is InChI=1S/C11H21N3O2S/c1-5-11(2,15-3)10-13-9(16-14-10)8(12)6-7-17-4/h8H,5-7,12H2,1-4H3/t8-,11?/m1/s1. The van der Waals surface area contributed by atoms with E-state index < -0.39 is 5.60 Å². The van der Waals surface area contributed by atoms with Gasteiger partial charge in [0.25, 0.3) is 0 Å². The lowest BCUT2D eigenvalue weighted by atomic mass is 10.0. The molecule has 1 aromatic heterocycles. The lowest BCUT2D eigenvalue weighted by molar-refractivity contribution is -0.0106. The van der Waals surface area contributed by atoms with Crippen LogP contribution in [-0.2, 0) is 10.3 Å². The summed E-state index contributed by atoms with van der Waals surface area (Å²) in [5.74, 6) is 2.04. The van der Waals surface area contributed by atoms with Crippen LogP contribution < -0.4 is 5.73 Å². The quantitative estimate of drug-likeness (QED) is 0.808. The summed E-state index contributed by atoms with van der Waals surface area (Å²) in [5.41, 5.74) is 5.47. The second-order valence-electron chi connectivity index (χ2n) is 4.13. The second-order valence-corrected chi connectivity index (χ2v) is 5.12. The Labute approximate surface area is 106 Å². The molecule has 1 aromatic rings. The maximum atomic E-state index is 5.97. The van der Waals surface area contributed by atoms with E-state index in [1.807, 2.05) is 20.1 Å². The van der Waals surface area contributed by atoms with Crippen molar-refractivity contribution < 1.29 is 9.26 Å². The first kappa shape index (κ1) is 14.5. The fourth-order valence-electron chi connectivity index (χ4n) is 1.36. The smallest absolute Gasteiger partial charge is 0.243 e. The maximum Gasteiger partial charge on any atom is 0.243 e. The van der Waals surface area contributed by atoms with Gasteiger partial charge in [0.05, 0.1) is 6.04 Å². The highest BCUT2D eigenvalue weighted by atomic mass is 32.2. The minimum atomic E-state index is -0.499. The number of thioether (sulfide) groups is 1. The van der Waals surface area contributed by atoms with Crippen molar-refractivity contribution in [2.45, 2.75) is 38.3 Å². The van der Waals surface area contributed by atoms with E-state index in [1.54, 1.807) is 18.9 Å². The van der Waals surface area contributed by atoms with E-state index in [-0.39, 0.29) is 6.04 Å². The molecule has 0 aliphatic heterocycles. The Morgan fingerprint density at radius 1 is 1.59 bits per heavy atom. The zero-order valence-electron chi connectivity index (χ0n) is 10.9. The lowest BCUT2D eigenvalue weighted by Gasteiger charge is -2.21. The SMILES string of the molecule is CCC(C)(OC)c1noc([C@H](N)CCSC)n1. The number of ether oxygens (including phenoxy) is 1. The average Bonchev–Trinajstić information content (AvgIpc) is 2.85. The molecule has 0 saturated carbocycles. The summed E-state index contributed by atoms with van der Waals surface area (Å²) in [6.45, 7) is 3.96. The van der Waals surface area contributed by atoms with Crippen molar-refractivity contribution >= 4 is 11.8 Å². The average molecular weight is 259 g/mol. The van der Waals surface area contributed by atoms with Gasteiger partial charge in [0, 0.05) is 7.11 Å². The molecule has 6 heteroatoms. The van der Waals surface area contributed by atoms with Crippen LogP contribution in [0.25, 0.3) is 0 Å². The van der Waals surface area contributed by atoms with Crippen LogP contribution in [0.5, 0.6) is 0 Å². The van der Waals surface area contributed by atoms with Crippen LogP contribution in [0.1, 0.15) is 44.4 Å². The molecule has 0 spiro atoms. The predicted octanol–water partition coefficient (Wildman–Crippen LogP) is 2.09. The van der Waals surface area contributed by atoms with Gasteiger partial charge < -0.3 is 15.0 Å². The number of hydrogen-bond donors (Lipinski definition) is 1. The summed E-state index contributed by atoms with van der Waals surface area (Å²) in [4.78, 5) is 4.34. The lowest BCUT2D eigenvalue weighted by Crippen LogP contribution is -2.25. The normalized spacial score (nSPS) is 16.8. The second kappa shape index (κ2) is 6.37. The van der Waals surface area contributed by atoms with Gasteiger partial charge in [0.2, 0.25) is 11.7 Å². The highest BCUT2D eigenvalue weighted by Crippen LogP contribution is 2.26. The molecular weight excluding hydrogens is 238 g/mol. The fourth-order valence-corrected chi connectivity index (χ4v) is 1.85. The molecule has 0 aliphatic carbocycles. The van der Waals surface area contributed by atoms with Crippen molar-refractivity contribution in [3.63, 3.8) is 0 Å². The van der Waals surface area contributed by atoms with Crippen molar-refractivity contribution in [2.24, 2.45) is 5.73 Å². The molecule has 5 nitrogen and oxygen atoms in total. The Morgan fingerprint density at radius 3 is 2.82 bits per heavy atom. The van der Waals surface area contributed by atoms with E-state index in [1.165, 1.54) is 0 Å². The van der Waals surface area contributed by atoms with Gasteiger partial charge in [-0.3, -0.25) is 0 Å². The van der Waals surface area contributed by atoms with Gasteiger partial charge in [-0.05, 0) is 31.8 Å². The number of rotatable bonds is 7. The van der Waals surface area contributed by atoms with Gasteiger partial charge in [0.1, 0.15) is 5.60 Å². The largest absolute Gasteiger partial charge is 0.370 e.